The third-order valence-corrected chi connectivity index (χ3v) is 6.19. The normalized spacial score (nSPS) is 18.0. The first-order chi connectivity index (χ1) is 11.9. The van der Waals surface area contributed by atoms with Gasteiger partial charge in [0.1, 0.15) is 0 Å². The van der Waals surface area contributed by atoms with Crippen LogP contribution in [0.3, 0.4) is 0 Å². The number of sulfone groups is 1. The second-order valence-electron chi connectivity index (χ2n) is 6.05. The Labute approximate surface area is 149 Å². The highest BCUT2D eigenvalue weighted by Gasteiger charge is 2.25. The molecule has 0 spiro atoms. The van der Waals surface area contributed by atoms with Crippen LogP contribution in [0.5, 0.6) is 11.5 Å². The summed E-state index contributed by atoms with van der Waals surface area (Å²) in [6, 6.07) is 4.73. The van der Waals surface area contributed by atoms with Crippen LogP contribution in [0.15, 0.2) is 23.1 Å². The van der Waals surface area contributed by atoms with E-state index in [1.165, 1.54) is 26.4 Å². The van der Waals surface area contributed by atoms with Crippen molar-refractivity contribution in [1.29, 1.82) is 0 Å². The summed E-state index contributed by atoms with van der Waals surface area (Å²) in [6.07, 6.45) is 1.94. The number of likely N-dealkylation sites (N-methyl/N-ethyl adjacent to an activating group) is 1. The number of nitrogens with one attached hydrogen (secondary N) is 1. The Hall–Kier alpha value is -1.80. The lowest BCUT2D eigenvalue weighted by Crippen LogP contribution is -2.47. The van der Waals surface area contributed by atoms with Crippen molar-refractivity contribution in [3.05, 3.63) is 18.2 Å². The molecule has 1 fully saturated rings. The average Bonchev–Trinajstić information content (AvgIpc) is 2.65. The minimum Gasteiger partial charge on any atom is -0.493 e. The molecule has 1 aromatic carbocycles. The fourth-order valence-corrected chi connectivity index (χ4v) is 4.19. The van der Waals surface area contributed by atoms with Gasteiger partial charge in [0, 0.05) is 31.6 Å². The summed E-state index contributed by atoms with van der Waals surface area (Å²) in [7, 11) is 1.24. The number of nitrogens with zero attached hydrogens (tertiary/aromatic N) is 1. The van der Waals surface area contributed by atoms with E-state index in [4.69, 9.17) is 9.47 Å². The van der Waals surface area contributed by atoms with E-state index in [0.717, 1.165) is 12.8 Å². The van der Waals surface area contributed by atoms with Gasteiger partial charge in [-0.1, -0.05) is 0 Å². The van der Waals surface area contributed by atoms with Crippen molar-refractivity contribution in [3.8, 4) is 11.5 Å². The lowest BCUT2D eigenvalue weighted by molar-refractivity contribution is -0.132. The summed E-state index contributed by atoms with van der Waals surface area (Å²) in [5.74, 6) is 0.470. The molecule has 1 aromatic rings. The summed E-state index contributed by atoms with van der Waals surface area (Å²) in [6.45, 7) is 1.32. The number of rotatable bonds is 7. The molecule has 1 amide bonds. The molecule has 7 nitrogen and oxygen atoms in total. The minimum atomic E-state index is -3.57. The molecule has 1 aliphatic rings. The van der Waals surface area contributed by atoms with Gasteiger partial charge < -0.3 is 19.7 Å². The topological polar surface area (TPSA) is 84.9 Å². The molecule has 2 rings (SSSR count). The largest absolute Gasteiger partial charge is 0.493 e. The van der Waals surface area contributed by atoms with E-state index in [2.05, 4.69) is 5.32 Å². The molecule has 1 atom stereocenters. The van der Waals surface area contributed by atoms with E-state index >= 15 is 0 Å². The van der Waals surface area contributed by atoms with Crippen LogP contribution in [-0.2, 0) is 14.6 Å². The van der Waals surface area contributed by atoms with Crippen LogP contribution in [0.25, 0.3) is 0 Å². The fourth-order valence-electron chi connectivity index (χ4n) is 2.95. The third kappa shape index (κ3) is 4.85. The minimum absolute atomic E-state index is 0.0207. The molecular formula is C17H26N2O5S. The van der Waals surface area contributed by atoms with E-state index in [-0.39, 0.29) is 29.0 Å². The molecule has 25 heavy (non-hydrogen) atoms. The first kappa shape index (κ1) is 19.5. The first-order valence-corrected chi connectivity index (χ1v) is 9.96. The van der Waals surface area contributed by atoms with E-state index in [9.17, 15) is 13.2 Å². The second kappa shape index (κ2) is 8.53. The summed E-state index contributed by atoms with van der Waals surface area (Å²) >= 11 is 0. The van der Waals surface area contributed by atoms with Crippen molar-refractivity contribution >= 4 is 15.7 Å². The maximum Gasteiger partial charge on any atom is 0.223 e. The van der Waals surface area contributed by atoms with Gasteiger partial charge in [-0.05, 0) is 32.0 Å². The maximum absolute atomic E-state index is 12.5. The van der Waals surface area contributed by atoms with Crippen LogP contribution in [0, 0.1) is 0 Å². The maximum atomic E-state index is 12.5. The summed E-state index contributed by atoms with van der Waals surface area (Å²) in [5, 5.41) is 3.17. The SMILES string of the molecule is CNC1CCCN(C(=O)CCS(=O)(=O)c2ccc(OC)c(OC)c2)C1. The number of likely N-dealkylation sites (tertiary alicyclic amines) is 1. The Morgan fingerprint density at radius 3 is 2.64 bits per heavy atom. The van der Waals surface area contributed by atoms with Gasteiger partial charge in [-0.3, -0.25) is 4.79 Å². The molecule has 0 bridgehead atoms. The second-order valence-corrected chi connectivity index (χ2v) is 8.16. The Morgan fingerprint density at radius 2 is 2.00 bits per heavy atom. The lowest BCUT2D eigenvalue weighted by Gasteiger charge is -2.32. The lowest BCUT2D eigenvalue weighted by atomic mass is 10.1. The number of ether oxygens (including phenoxy) is 2. The van der Waals surface area contributed by atoms with Gasteiger partial charge in [-0.15, -0.1) is 0 Å². The van der Waals surface area contributed by atoms with Gasteiger partial charge >= 0.3 is 0 Å². The Kier molecular flexibility index (Phi) is 6.66. The number of piperidine rings is 1. The van der Waals surface area contributed by atoms with Crippen molar-refractivity contribution in [3.63, 3.8) is 0 Å². The molecule has 140 valence electrons. The first-order valence-electron chi connectivity index (χ1n) is 8.31. The molecular weight excluding hydrogens is 344 g/mol. The highest BCUT2D eigenvalue weighted by Crippen LogP contribution is 2.30. The van der Waals surface area contributed by atoms with Gasteiger partial charge in [0.2, 0.25) is 5.91 Å². The number of hydrogen-bond acceptors (Lipinski definition) is 6. The van der Waals surface area contributed by atoms with Gasteiger partial charge in [0.15, 0.2) is 21.3 Å². The number of carbonyl (C=O) groups excluding carboxylic acids is 1. The monoisotopic (exact) mass is 370 g/mol. The molecule has 1 unspecified atom stereocenters. The van der Waals surface area contributed by atoms with Crippen LogP contribution in [0.1, 0.15) is 19.3 Å². The van der Waals surface area contributed by atoms with Crippen molar-refractivity contribution in [2.45, 2.75) is 30.2 Å². The van der Waals surface area contributed by atoms with Crippen LogP contribution >= 0.6 is 0 Å². The van der Waals surface area contributed by atoms with Crippen molar-refractivity contribution in [1.82, 2.24) is 10.2 Å². The van der Waals surface area contributed by atoms with E-state index in [1.807, 2.05) is 7.05 Å². The zero-order chi connectivity index (χ0) is 18.4. The fraction of sp³-hybridized carbons (Fsp3) is 0.588. The smallest absolute Gasteiger partial charge is 0.223 e. The standard InChI is InChI=1S/C17H26N2O5S/c1-18-13-5-4-9-19(12-13)17(20)8-10-25(21,22)14-6-7-15(23-2)16(11-14)24-3/h6-7,11,13,18H,4-5,8-10,12H2,1-3H3. The van der Waals surface area contributed by atoms with Gasteiger partial charge in [0.25, 0.3) is 0 Å². The molecule has 0 aromatic heterocycles. The highest BCUT2D eigenvalue weighted by atomic mass is 32.2. The van der Waals surface area contributed by atoms with Crippen molar-refractivity contribution in [2.24, 2.45) is 0 Å². The van der Waals surface area contributed by atoms with Crippen LogP contribution in [-0.4, -0.2) is 65.4 Å². The van der Waals surface area contributed by atoms with Crippen molar-refractivity contribution < 1.29 is 22.7 Å². The Morgan fingerprint density at radius 1 is 1.28 bits per heavy atom. The van der Waals surface area contributed by atoms with Crippen LogP contribution in [0.4, 0.5) is 0 Å². The van der Waals surface area contributed by atoms with Gasteiger partial charge in [-0.25, -0.2) is 8.42 Å². The number of amides is 1. The number of benzene rings is 1. The molecule has 1 heterocycles. The van der Waals surface area contributed by atoms with Crippen molar-refractivity contribution in [2.75, 3.05) is 40.1 Å². The molecule has 0 radical (unpaired) electrons. The third-order valence-electron chi connectivity index (χ3n) is 4.48. The molecule has 0 aliphatic carbocycles. The Bertz CT molecular complexity index is 705. The molecule has 1 aliphatic heterocycles. The Balaban J connectivity index is 2.02. The molecule has 0 saturated carbocycles. The number of hydrogen-bond donors (Lipinski definition) is 1. The zero-order valence-corrected chi connectivity index (χ0v) is 15.8. The van der Waals surface area contributed by atoms with E-state index in [0.29, 0.717) is 24.6 Å². The van der Waals surface area contributed by atoms with Crippen LogP contribution in [0.2, 0.25) is 0 Å². The van der Waals surface area contributed by atoms with E-state index < -0.39 is 9.84 Å². The quantitative estimate of drug-likeness (QED) is 0.773. The summed E-state index contributed by atoms with van der Waals surface area (Å²) in [5.41, 5.74) is 0. The van der Waals surface area contributed by atoms with Gasteiger partial charge in [0.05, 0.1) is 24.9 Å². The van der Waals surface area contributed by atoms with Gasteiger partial charge in [-0.2, -0.15) is 0 Å². The number of carbonyl (C=O) groups is 1. The van der Waals surface area contributed by atoms with Crippen LogP contribution < -0.4 is 14.8 Å². The molecule has 1 saturated heterocycles. The van der Waals surface area contributed by atoms with E-state index in [1.54, 1.807) is 11.0 Å². The zero-order valence-electron chi connectivity index (χ0n) is 14.9. The predicted octanol–water partition coefficient (Wildman–Crippen LogP) is 1.08. The molecule has 8 heteroatoms. The number of methoxy groups -OCH3 is 2. The summed E-state index contributed by atoms with van der Waals surface area (Å²) in [4.78, 5) is 14.2. The highest BCUT2D eigenvalue weighted by molar-refractivity contribution is 7.91. The molecule has 1 N–H and O–H groups in total. The average molecular weight is 370 g/mol. The summed E-state index contributed by atoms with van der Waals surface area (Å²) < 4.78 is 35.3. The predicted molar refractivity (Wildman–Crippen MR) is 94.9 cm³/mol.